The fourth-order valence-electron chi connectivity index (χ4n) is 3.38. The quantitative estimate of drug-likeness (QED) is 0.692. The average Bonchev–Trinajstić information content (AvgIpc) is 2.75. The van der Waals surface area contributed by atoms with Crippen LogP contribution in [0.15, 0.2) is 59.6 Å². The molecule has 1 heterocycles. The third-order valence-corrected chi connectivity index (χ3v) is 5.13. The van der Waals surface area contributed by atoms with E-state index in [1.165, 1.54) is 4.90 Å². The van der Waals surface area contributed by atoms with E-state index in [1.54, 1.807) is 46.0 Å². The van der Waals surface area contributed by atoms with Crippen LogP contribution in [0.3, 0.4) is 0 Å². The molecule has 0 unspecified atom stereocenters. The first-order chi connectivity index (χ1) is 15.9. The molecule has 3 amide bonds. The minimum Gasteiger partial charge on any atom is -0.444 e. The molecule has 0 bridgehead atoms. The van der Waals surface area contributed by atoms with Crippen molar-refractivity contribution < 1.29 is 23.9 Å². The Morgan fingerprint density at radius 3 is 2.53 bits per heavy atom. The number of aliphatic imine (C=N–C) groups is 1. The van der Waals surface area contributed by atoms with E-state index < -0.39 is 23.3 Å². The molecule has 9 heteroatoms. The van der Waals surface area contributed by atoms with Crippen molar-refractivity contribution in [3.05, 3.63) is 65.7 Å². The molecule has 2 aromatic carbocycles. The van der Waals surface area contributed by atoms with E-state index >= 15 is 0 Å². The van der Waals surface area contributed by atoms with E-state index in [9.17, 15) is 14.4 Å². The van der Waals surface area contributed by atoms with E-state index in [0.29, 0.717) is 5.69 Å². The molecule has 180 valence electrons. The molecule has 0 radical (unpaired) electrons. The van der Waals surface area contributed by atoms with Crippen LogP contribution in [0.25, 0.3) is 0 Å². The van der Waals surface area contributed by atoms with Crippen LogP contribution < -0.4 is 10.6 Å². The summed E-state index contributed by atoms with van der Waals surface area (Å²) in [5.74, 6) is -0.127. The number of carbonyl (C=O) groups excluding carboxylic acids is 3. The molecule has 3 rings (SSSR count). The summed E-state index contributed by atoms with van der Waals surface area (Å²) in [6, 6.07) is 16.4. The maximum absolute atomic E-state index is 12.7. The van der Waals surface area contributed by atoms with Gasteiger partial charge in [-0.2, -0.15) is 0 Å². The van der Waals surface area contributed by atoms with Crippen molar-refractivity contribution in [1.29, 1.82) is 0 Å². The minimum absolute atomic E-state index is 0.0913. The van der Waals surface area contributed by atoms with Gasteiger partial charge in [-0.05, 0) is 51.0 Å². The summed E-state index contributed by atoms with van der Waals surface area (Å²) in [4.78, 5) is 42.4. The fourth-order valence-corrected chi connectivity index (χ4v) is 3.38. The van der Waals surface area contributed by atoms with Crippen molar-refractivity contribution in [2.24, 2.45) is 4.99 Å². The molecule has 9 nitrogen and oxygen atoms in total. The molecule has 0 saturated carbocycles. The van der Waals surface area contributed by atoms with E-state index in [-0.39, 0.29) is 24.9 Å². The van der Waals surface area contributed by atoms with Crippen molar-refractivity contribution in [2.75, 3.05) is 12.4 Å². The Kier molecular flexibility index (Phi) is 7.24. The van der Waals surface area contributed by atoms with Crippen molar-refractivity contribution >= 4 is 29.7 Å². The second kappa shape index (κ2) is 9.94. The molecule has 0 spiro atoms. The lowest BCUT2D eigenvalue weighted by Gasteiger charge is -2.40. The lowest BCUT2D eigenvalue weighted by atomic mass is 9.86. The molecular formula is C25H30N4O5. The van der Waals surface area contributed by atoms with Crippen LogP contribution in [0.1, 0.15) is 45.2 Å². The number of ether oxygens (including phenoxy) is 2. The summed E-state index contributed by atoms with van der Waals surface area (Å²) in [6.45, 7) is 7.19. The highest BCUT2D eigenvalue weighted by Gasteiger charge is 2.39. The average molecular weight is 467 g/mol. The number of benzene rings is 2. The Bertz CT molecular complexity index is 1090. The molecule has 1 aliphatic heterocycles. The number of carbonyl (C=O) groups is 3. The van der Waals surface area contributed by atoms with Gasteiger partial charge in [0, 0.05) is 12.7 Å². The second-order valence-electron chi connectivity index (χ2n) is 9.27. The molecule has 1 aliphatic rings. The summed E-state index contributed by atoms with van der Waals surface area (Å²) < 4.78 is 10.5. The Hall–Kier alpha value is -3.88. The number of hydrogen-bond donors (Lipinski definition) is 2. The maximum atomic E-state index is 12.7. The number of nitrogens with one attached hydrogen (secondary N) is 2. The fraction of sp³-hybridized carbons (Fsp3) is 0.360. The lowest BCUT2D eigenvalue weighted by Crippen LogP contribution is -2.58. The summed E-state index contributed by atoms with van der Waals surface area (Å²) in [7, 11) is 1.54. The molecule has 34 heavy (non-hydrogen) atoms. The third kappa shape index (κ3) is 6.57. The van der Waals surface area contributed by atoms with Crippen LogP contribution >= 0.6 is 0 Å². The minimum atomic E-state index is -0.865. The van der Waals surface area contributed by atoms with Crippen molar-refractivity contribution in [1.82, 2.24) is 10.2 Å². The molecule has 0 aliphatic carbocycles. The van der Waals surface area contributed by atoms with E-state index in [0.717, 1.165) is 11.1 Å². The summed E-state index contributed by atoms with van der Waals surface area (Å²) in [5.41, 5.74) is 0.541. The Balaban J connectivity index is 1.74. The predicted molar refractivity (Wildman–Crippen MR) is 128 cm³/mol. The summed E-state index contributed by atoms with van der Waals surface area (Å²) in [6.07, 6.45) is -1.26. The van der Waals surface area contributed by atoms with Crippen LogP contribution in [0.4, 0.5) is 15.3 Å². The van der Waals surface area contributed by atoms with Gasteiger partial charge in [-0.15, -0.1) is 4.99 Å². The topological polar surface area (TPSA) is 109 Å². The Morgan fingerprint density at radius 1 is 1.15 bits per heavy atom. The Labute approximate surface area is 199 Å². The van der Waals surface area contributed by atoms with Gasteiger partial charge in [0.2, 0.25) is 11.9 Å². The number of anilines is 1. The van der Waals surface area contributed by atoms with Crippen LogP contribution in [0.5, 0.6) is 0 Å². The van der Waals surface area contributed by atoms with Gasteiger partial charge in [0.1, 0.15) is 12.2 Å². The van der Waals surface area contributed by atoms with Gasteiger partial charge < -0.3 is 14.8 Å². The van der Waals surface area contributed by atoms with E-state index in [2.05, 4.69) is 15.6 Å². The number of guanidine groups is 1. The predicted octanol–water partition coefficient (Wildman–Crippen LogP) is 4.39. The first-order valence-corrected chi connectivity index (χ1v) is 10.9. The number of nitrogens with zero attached hydrogens (tertiary/aromatic N) is 2. The zero-order valence-electron chi connectivity index (χ0n) is 20.0. The molecule has 1 atom stereocenters. The van der Waals surface area contributed by atoms with Gasteiger partial charge in [0.25, 0.3) is 0 Å². The SMILES string of the molecule is CN1C(=O)C[C@@](C)(c2cccc(NC(=O)OCc3ccccc3)c2)N/C1=N\C(=O)OC(C)(C)C. The van der Waals surface area contributed by atoms with Gasteiger partial charge in [-0.25, -0.2) is 9.59 Å². The van der Waals surface area contributed by atoms with E-state index in [1.807, 2.05) is 43.3 Å². The van der Waals surface area contributed by atoms with Crippen LogP contribution in [0, 0.1) is 0 Å². The smallest absolute Gasteiger partial charge is 0.437 e. The van der Waals surface area contributed by atoms with Gasteiger partial charge in [-0.3, -0.25) is 15.0 Å². The monoisotopic (exact) mass is 466 g/mol. The summed E-state index contributed by atoms with van der Waals surface area (Å²) in [5, 5.41) is 5.89. The second-order valence-corrected chi connectivity index (χ2v) is 9.27. The molecule has 0 aromatic heterocycles. The van der Waals surface area contributed by atoms with Gasteiger partial charge in [0.15, 0.2) is 0 Å². The number of rotatable bonds is 4. The van der Waals surface area contributed by atoms with Gasteiger partial charge in [0.05, 0.1) is 12.0 Å². The largest absolute Gasteiger partial charge is 0.444 e. The van der Waals surface area contributed by atoms with Gasteiger partial charge >= 0.3 is 12.2 Å². The first kappa shape index (κ1) is 24.8. The van der Waals surface area contributed by atoms with Crippen molar-refractivity contribution in [2.45, 2.75) is 51.9 Å². The first-order valence-electron chi connectivity index (χ1n) is 10.9. The highest BCUT2D eigenvalue weighted by atomic mass is 16.6. The normalized spacial score (nSPS) is 19.4. The highest BCUT2D eigenvalue weighted by molar-refractivity contribution is 6.03. The standard InChI is InChI=1S/C25H30N4O5/c1-24(2,3)34-23(32)27-21-28-25(4,15-20(30)29(21)5)18-12-9-13-19(14-18)26-22(31)33-16-17-10-7-6-8-11-17/h6-14H,15-16H2,1-5H3,(H,26,31)(H,27,28,32)/t25-/m0/s1. The van der Waals surface area contributed by atoms with Gasteiger partial charge in [-0.1, -0.05) is 42.5 Å². The molecule has 1 fully saturated rings. The number of amides is 3. The highest BCUT2D eigenvalue weighted by Crippen LogP contribution is 2.30. The molecule has 1 saturated heterocycles. The zero-order valence-corrected chi connectivity index (χ0v) is 20.0. The summed E-state index contributed by atoms with van der Waals surface area (Å²) >= 11 is 0. The van der Waals surface area contributed by atoms with Crippen molar-refractivity contribution in [3.63, 3.8) is 0 Å². The Morgan fingerprint density at radius 2 is 1.85 bits per heavy atom. The third-order valence-electron chi connectivity index (χ3n) is 5.13. The number of hydrogen-bond acceptors (Lipinski definition) is 5. The van der Waals surface area contributed by atoms with E-state index in [4.69, 9.17) is 9.47 Å². The lowest BCUT2D eigenvalue weighted by molar-refractivity contribution is -0.129. The van der Waals surface area contributed by atoms with Crippen LogP contribution in [-0.2, 0) is 26.4 Å². The van der Waals surface area contributed by atoms with Crippen LogP contribution in [0.2, 0.25) is 0 Å². The molecular weight excluding hydrogens is 436 g/mol. The van der Waals surface area contributed by atoms with Crippen molar-refractivity contribution in [3.8, 4) is 0 Å². The zero-order chi connectivity index (χ0) is 24.9. The van der Waals surface area contributed by atoms with Crippen LogP contribution in [-0.4, -0.2) is 41.6 Å². The maximum Gasteiger partial charge on any atom is 0.437 e. The molecule has 2 N–H and O–H groups in total. The molecule has 2 aromatic rings.